The lowest BCUT2D eigenvalue weighted by Crippen LogP contribution is -2.43. The van der Waals surface area contributed by atoms with Crippen LogP contribution in [0.1, 0.15) is 6.42 Å². The van der Waals surface area contributed by atoms with Gasteiger partial charge in [-0.2, -0.15) is 0 Å². The minimum atomic E-state index is -1.63. The molecule has 1 aliphatic heterocycles. The lowest BCUT2D eigenvalue weighted by atomic mass is 10.2. The molecule has 0 aromatic heterocycles. The highest BCUT2D eigenvalue weighted by Crippen LogP contribution is 2.24. The number of nitrogens with one attached hydrogen (secondary N) is 2. The molecule has 1 aromatic rings. The molecule has 2 rings (SSSR count). The standard InChI is InChI=1S/C12H12F4N2O2/c13-7-4-8(14)11(16)12(10(7)15)18-9(19)3-6-5-20-2-1-17-6/h4,6,17H,1-3,5H2,(H,18,19). The van der Waals surface area contributed by atoms with Crippen LogP contribution >= 0.6 is 0 Å². The lowest BCUT2D eigenvalue weighted by Gasteiger charge is -2.23. The van der Waals surface area contributed by atoms with E-state index in [0.717, 1.165) is 0 Å². The van der Waals surface area contributed by atoms with Crippen LogP contribution in [0.25, 0.3) is 0 Å². The highest BCUT2D eigenvalue weighted by atomic mass is 19.2. The Morgan fingerprint density at radius 3 is 2.50 bits per heavy atom. The van der Waals surface area contributed by atoms with Crippen LogP contribution in [0.15, 0.2) is 6.07 Å². The number of hydrogen-bond acceptors (Lipinski definition) is 3. The van der Waals surface area contributed by atoms with Gasteiger partial charge in [-0.05, 0) is 0 Å². The van der Waals surface area contributed by atoms with Crippen LogP contribution in [0.3, 0.4) is 0 Å². The normalized spacial score (nSPS) is 18.9. The summed E-state index contributed by atoms with van der Waals surface area (Å²) in [5.74, 6) is -7.18. The number of benzene rings is 1. The van der Waals surface area contributed by atoms with Gasteiger partial charge in [-0.1, -0.05) is 0 Å². The van der Waals surface area contributed by atoms with Gasteiger partial charge >= 0.3 is 0 Å². The SMILES string of the molecule is O=C(CC1COCCN1)Nc1c(F)c(F)cc(F)c1F. The fourth-order valence-electron chi connectivity index (χ4n) is 1.85. The minimum absolute atomic E-state index is 0.0802. The first-order valence-corrected chi connectivity index (χ1v) is 5.93. The van der Waals surface area contributed by atoms with E-state index in [4.69, 9.17) is 4.74 Å². The summed E-state index contributed by atoms with van der Waals surface area (Å²) in [5.41, 5.74) is -1.12. The average molecular weight is 292 g/mol. The van der Waals surface area contributed by atoms with Gasteiger partial charge in [-0.3, -0.25) is 4.79 Å². The second kappa shape index (κ2) is 6.19. The molecule has 1 saturated heterocycles. The Labute approximate surface area is 112 Å². The Bertz CT molecular complexity index is 492. The Kier molecular flexibility index (Phi) is 4.56. The van der Waals surface area contributed by atoms with Crippen LogP contribution in [-0.2, 0) is 9.53 Å². The first-order chi connectivity index (χ1) is 9.49. The fourth-order valence-corrected chi connectivity index (χ4v) is 1.85. The van der Waals surface area contributed by atoms with Crippen molar-refractivity contribution in [1.82, 2.24) is 5.32 Å². The number of ether oxygens (including phenoxy) is 1. The number of morpholine rings is 1. The molecule has 110 valence electrons. The molecule has 0 radical (unpaired) electrons. The van der Waals surface area contributed by atoms with Crippen molar-refractivity contribution in [3.05, 3.63) is 29.3 Å². The van der Waals surface area contributed by atoms with Gasteiger partial charge in [0.15, 0.2) is 23.3 Å². The second-order valence-electron chi connectivity index (χ2n) is 4.32. The number of halogens is 4. The van der Waals surface area contributed by atoms with E-state index < -0.39 is 34.9 Å². The summed E-state index contributed by atoms with van der Waals surface area (Å²) < 4.78 is 57.7. The molecule has 0 bridgehead atoms. The number of amides is 1. The van der Waals surface area contributed by atoms with Crippen molar-refractivity contribution >= 4 is 11.6 Å². The van der Waals surface area contributed by atoms with E-state index >= 15 is 0 Å². The molecule has 1 amide bonds. The molecule has 1 fully saturated rings. The predicted molar refractivity (Wildman–Crippen MR) is 62.1 cm³/mol. The first-order valence-electron chi connectivity index (χ1n) is 5.93. The van der Waals surface area contributed by atoms with Gasteiger partial charge in [-0.15, -0.1) is 0 Å². The van der Waals surface area contributed by atoms with Gasteiger partial charge in [0.25, 0.3) is 0 Å². The summed E-state index contributed by atoms with van der Waals surface area (Å²) in [7, 11) is 0. The van der Waals surface area contributed by atoms with Gasteiger partial charge in [0, 0.05) is 25.1 Å². The Balaban J connectivity index is 2.07. The van der Waals surface area contributed by atoms with Crippen molar-refractivity contribution in [3.63, 3.8) is 0 Å². The third-order valence-electron chi connectivity index (χ3n) is 2.81. The van der Waals surface area contributed by atoms with E-state index in [9.17, 15) is 22.4 Å². The molecular formula is C12H12F4N2O2. The highest BCUT2D eigenvalue weighted by molar-refractivity contribution is 5.91. The van der Waals surface area contributed by atoms with E-state index in [2.05, 4.69) is 5.32 Å². The van der Waals surface area contributed by atoms with Crippen LogP contribution in [0.5, 0.6) is 0 Å². The third-order valence-corrected chi connectivity index (χ3v) is 2.81. The molecule has 0 saturated carbocycles. The Hall–Kier alpha value is -1.67. The van der Waals surface area contributed by atoms with Crippen LogP contribution < -0.4 is 10.6 Å². The van der Waals surface area contributed by atoms with E-state index in [1.165, 1.54) is 0 Å². The summed E-state index contributed by atoms with van der Waals surface area (Å²) in [6, 6.07) is -0.232. The first kappa shape index (κ1) is 14.7. The van der Waals surface area contributed by atoms with Gasteiger partial charge in [0.1, 0.15) is 5.69 Å². The average Bonchev–Trinajstić information content (AvgIpc) is 2.42. The second-order valence-corrected chi connectivity index (χ2v) is 4.32. The van der Waals surface area contributed by atoms with Gasteiger partial charge in [-0.25, -0.2) is 17.6 Å². The van der Waals surface area contributed by atoms with Crippen molar-refractivity contribution < 1.29 is 27.1 Å². The maximum Gasteiger partial charge on any atom is 0.226 e. The molecule has 1 aliphatic rings. The van der Waals surface area contributed by atoms with Crippen molar-refractivity contribution in [2.45, 2.75) is 12.5 Å². The van der Waals surface area contributed by atoms with Gasteiger partial charge in [0.05, 0.1) is 13.2 Å². The number of carbonyl (C=O) groups is 1. The molecule has 1 unspecified atom stereocenters. The molecule has 2 N–H and O–H groups in total. The van der Waals surface area contributed by atoms with Crippen LogP contribution in [-0.4, -0.2) is 31.7 Å². The quantitative estimate of drug-likeness (QED) is 0.656. The van der Waals surface area contributed by atoms with Crippen molar-refractivity contribution in [2.24, 2.45) is 0 Å². The zero-order chi connectivity index (χ0) is 14.7. The number of rotatable bonds is 3. The molecule has 8 heteroatoms. The largest absolute Gasteiger partial charge is 0.378 e. The molecular weight excluding hydrogens is 280 g/mol. The smallest absolute Gasteiger partial charge is 0.226 e. The zero-order valence-electron chi connectivity index (χ0n) is 10.3. The fraction of sp³-hybridized carbons (Fsp3) is 0.417. The maximum atomic E-state index is 13.3. The zero-order valence-corrected chi connectivity index (χ0v) is 10.3. The molecule has 0 aliphatic carbocycles. The molecule has 1 heterocycles. The highest BCUT2D eigenvalue weighted by Gasteiger charge is 2.23. The Morgan fingerprint density at radius 2 is 1.95 bits per heavy atom. The molecule has 0 spiro atoms. The van der Waals surface area contributed by atoms with Gasteiger partial charge < -0.3 is 15.4 Å². The van der Waals surface area contributed by atoms with Gasteiger partial charge in [0.2, 0.25) is 5.91 Å². The number of carbonyl (C=O) groups excluding carboxylic acids is 1. The van der Waals surface area contributed by atoms with Crippen molar-refractivity contribution in [2.75, 3.05) is 25.1 Å². The maximum absolute atomic E-state index is 13.3. The van der Waals surface area contributed by atoms with E-state index in [1.807, 2.05) is 5.32 Å². The van der Waals surface area contributed by atoms with E-state index in [1.54, 1.807) is 0 Å². The summed E-state index contributed by atoms with van der Waals surface area (Å²) in [4.78, 5) is 11.6. The minimum Gasteiger partial charge on any atom is -0.378 e. The molecule has 20 heavy (non-hydrogen) atoms. The monoisotopic (exact) mass is 292 g/mol. The van der Waals surface area contributed by atoms with Crippen LogP contribution in [0.4, 0.5) is 23.2 Å². The third kappa shape index (κ3) is 3.26. The molecule has 1 aromatic carbocycles. The molecule has 1 atom stereocenters. The van der Waals surface area contributed by atoms with Crippen molar-refractivity contribution in [3.8, 4) is 0 Å². The summed E-state index contributed by atoms with van der Waals surface area (Å²) in [6.45, 7) is 1.33. The van der Waals surface area contributed by atoms with E-state index in [-0.39, 0.29) is 25.1 Å². The lowest BCUT2D eigenvalue weighted by molar-refractivity contribution is -0.117. The summed E-state index contributed by atoms with van der Waals surface area (Å²) in [5, 5.41) is 4.81. The predicted octanol–water partition coefficient (Wildman–Crippen LogP) is 1.56. The topological polar surface area (TPSA) is 50.4 Å². The van der Waals surface area contributed by atoms with E-state index in [0.29, 0.717) is 13.2 Å². The van der Waals surface area contributed by atoms with Crippen LogP contribution in [0, 0.1) is 23.3 Å². The molecule has 4 nitrogen and oxygen atoms in total. The number of anilines is 1. The Morgan fingerprint density at radius 1 is 1.30 bits per heavy atom. The number of hydrogen-bond donors (Lipinski definition) is 2. The van der Waals surface area contributed by atoms with Crippen molar-refractivity contribution in [1.29, 1.82) is 0 Å². The van der Waals surface area contributed by atoms with Crippen LogP contribution in [0.2, 0.25) is 0 Å². The summed E-state index contributed by atoms with van der Waals surface area (Å²) >= 11 is 0. The summed E-state index contributed by atoms with van der Waals surface area (Å²) in [6.07, 6.45) is -0.128.